The fourth-order valence-electron chi connectivity index (χ4n) is 2.71. The Labute approximate surface area is 181 Å². The van der Waals surface area contributed by atoms with Gasteiger partial charge in [0.25, 0.3) is 0 Å². The second-order valence-electron chi connectivity index (χ2n) is 7.06. The van der Waals surface area contributed by atoms with Crippen molar-refractivity contribution in [3.63, 3.8) is 0 Å². The average molecular weight is 515 g/mol. The van der Waals surface area contributed by atoms with Crippen molar-refractivity contribution in [2.45, 2.75) is 38.7 Å². The van der Waals surface area contributed by atoms with Gasteiger partial charge in [0.15, 0.2) is 5.96 Å². The summed E-state index contributed by atoms with van der Waals surface area (Å²) in [5, 5.41) is 3.24. The molecule has 0 saturated carbocycles. The first-order chi connectivity index (χ1) is 12.7. The molecule has 0 radical (unpaired) electrons. The molecular formula is C19H29F3IN3O2. The number of morpholine rings is 1. The van der Waals surface area contributed by atoms with Crippen molar-refractivity contribution < 1.29 is 22.6 Å². The summed E-state index contributed by atoms with van der Waals surface area (Å²) in [6.45, 7) is 8.50. The molecule has 5 nitrogen and oxygen atoms in total. The number of halogens is 4. The van der Waals surface area contributed by atoms with Gasteiger partial charge in [-0.25, -0.2) is 0 Å². The summed E-state index contributed by atoms with van der Waals surface area (Å²) >= 11 is 0. The Morgan fingerprint density at radius 1 is 1.36 bits per heavy atom. The molecule has 1 heterocycles. The number of nitrogens with zero attached hydrogens (tertiary/aromatic N) is 2. The third-order valence-electron chi connectivity index (χ3n) is 4.45. The van der Waals surface area contributed by atoms with Crippen molar-refractivity contribution in [1.82, 2.24) is 10.2 Å². The Kier molecular flexibility index (Phi) is 9.48. The largest absolute Gasteiger partial charge is 0.416 e. The van der Waals surface area contributed by atoms with Gasteiger partial charge in [-0.1, -0.05) is 12.1 Å². The van der Waals surface area contributed by atoms with E-state index in [-0.39, 0.29) is 24.0 Å². The number of aliphatic imine (C=N–C) groups is 1. The Morgan fingerprint density at radius 3 is 2.68 bits per heavy atom. The van der Waals surface area contributed by atoms with Crippen molar-refractivity contribution in [2.75, 3.05) is 39.9 Å². The second-order valence-corrected chi connectivity index (χ2v) is 7.06. The van der Waals surface area contributed by atoms with E-state index in [1.165, 1.54) is 6.07 Å². The van der Waals surface area contributed by atoms with Gasteiger partial charge in [-0.2, -0.15) is 13.2 Å². The molecule has 1 N–H and O–H groups in total. The first-order valence-corrected chi connectivity index (χ1v) is 9.03. The molecule has 9 heteroatoms. The smallest absolute Gasteiger partial charge is 0.377 e. The molecule has 160 valence electrons. The number of hydrogen-bond acceptors (Lipinski definition) is 3. The highest BCUT2D eigenvalue weighted by molar-refractivity contribution is 14.0. The van der Waals surface area contributed by atoms with Crippen molar-refractivity contribution >= 4 is 29.9 Å². The van der Waals surface area contributed by atoms with Gasteiger partial charge in [-0.3, -0.25) is 4.99 Å². The van der Waals surface area contributed by atoms with E-state index in [0.717, 1.165) is 12.1 Å². The van der Waals surface area contributed by atoms with Gasteiger partial charge in [0.1, 0.15) is 6.10 Å². The quantitative estimate of drug-likeness (QED) is 0.365. The van der Waals surface area contributed by atoms with Gasteiger partial charge in [-0.15, -0.1) is 24.0 Å². The Bertz CT molecular complexity index is 654. The lowest BCUT2D eigenvalue weighted by atomic mass is 10.0. The van der Waals surface area contributed by atoms with Gasteiger partial charge in [-0.05, 0) is 38.5 Å². The summed E-state index contributed by atoms with van der Waals surface area (Å²) in [7, 11) is 1.64. The highest BCUT2D eigenvalue weighted by Gasteiger charge is 2.32. The zero-order chi connectivity index (χ0) is 20.1. The molecule has 0 bridgehead atoms. The van der Waals surface area contributed by atoms with Crippen LogP contribution in [0.2, 0.25) is 0 Å². The maximum atomic E-state index is 13.0. The van der Waals surface area contributed by atoms with E-state index in [1.807, 2.05) is 25.7 Å². The summed E-state index contributed by atoms with van der Waals surface area (Å²) < 4.78 is 50.1. The SMILES string of the molecule is CCNC(=NCC(C)(C)OC)N1CCOC(c2cccc(C(F)(F)F)c2)C1.I. The summed E-state index contributed by atoms with van der Waals surface area (Å²) in [6.07, 6.45) is -4.81. The molecule has 0 aromatic heterocycles. The molecule has 1 atom stereocenters. The van der Waals surface area contributed by atoms with E-state index in [4.69, 9.17) is 9.47 Å². The molecule has 1 saturated heterocycles. The number of methoxy groups -OCH3 is 1. The van der Waals surface area contributed by atoms with Gasteiger partial charge in [0, 0.05) is 20.2 Å². The van der Waals surface area contributed by atoms with Crippen LogP contribution in [0.5, 0.6) is 0 Å². The molecule has 0 amide bonds. The van der Waals surface area contributed by atoms with E-state index in [1.54, 1.807) is 13.2 Å². The lowest BCUT2D eigenvalue weighted by molar-refractivity contribution is -0.137. The van der Waals surface area contributed by atoms with E-state index in [2.05, 4.69) is 10.3 Å². The fourth-order valence-corrected chi connectivity index (χ4v) is 2.71. The molecule has 1 aromatic rings. The van der Waals surface area contributed by atoms with Crippen LogP contribution in [0.25, 0.3) is 0 Å². The fraction of sp³-hybridized carbons (Fsp3) is 0.632. The van der Waals surface area contributed by atoms with Gasteiger partial charge in [0.05, 0.1) is 30.9 Å². The van der Waals surface area contributed by atoms with Crippen molar-refractivity contribution in [2.24, 2.45) is 4.99 Å². The zero-order valence-electron chi connectivity index (χ0n) is 16.7. The molecule has 1 aliphatic heterocycles. The minimum absolute atomic E-state index is 0. The number of nitrogens with one attached hydrogen (secondary N) is 1. The van der Waals surface area contributed by atoms with Crippen LogP contribution < -0.4 is 5.32 Å². The van der Waals surface area contributed by atoms with Gasteiger partial charge >= 0.3 is 6.18 Å². The number of rotatable bonds is 5. The van der Waals surface area contributed by atoms with Crippen LogP contribution in [0, 0.1) is 0 Å². The molecule has 28 heavy (non-hydrogen) atoms. The van der Waals surface area contributed by atoms with E-state index in [9.17, 15) is 13.2 Å². The van der Waals surface area contributed by atoms with Crippen LogP contribution in [0.15, 0.2) is 29.3 Å². The maximum Gasteiger partial charge on any atom is 0.416 e. The third-order valence-corrected chi connectivity index (χ3v) is 4.45. The summed E-state index contributed by atoms with van der Waals surface area (Å²) in [6, 6.07) is 5.32. The number of benzene rings is 1. The first kappa shape index (κ1) is 25.0. The Morgan fingerprint density at radius 2 is 2.07 bits per heavy atom. The molecule has 0 aliphatic carbocycles. The molecule has 0 spiro atoms. The molecule has 1 aromatic carbocycles. The predicted octanol–water partition coefficient (Wildman–Crippen LogP) is 4.09. The molecule has 1 aliphatic rings. The number of ether oxygens (including phenoxy) is 2. The molecular weight excluding hydrogens is 486 g/mol. The third kappa shape index (κ3) is 7.07. The summed E-state index contributed by atoms with van der Waals surface area (Å²) in [5.41, 5.74) is -0.543. The van der Waals surface area contributed by atoms with E-state index >= 15 is 0 Å². The maximum absolute atomic E-state index is 13.0. The first-order valence-electron chi connectivity index (χ1n) is 9.03. The zero-order valence-corrected chi connectivity index (χ0v) is 19.0. The molecule has 1 fully saturated rings. The van der Waals surface area contributed by atoms with Crippen LogP contribution in [-0.4, -0.2) is 56.4 Å². The standard InChI is InChI=1S/C19H28F3N3O2.HI/c1-5-23-17(24-13-18(2,3)26-4)25-9-10-27-16(12-25)14-7-6-8-15(11-14)19(20,21)22;/h6-8,11,16H,5,9-10,12-13H2,1-4H3,(H,23,24);1H. The minimum Gasteiger partial charge on any atom is -0.377 e. The van der Waals surface area contributed by atoms with Crippen LogP contribution in [0.4, 0.5) is 13.2 Å². The van der Waals surface area contributed by atoms with Crippen LogP contribution >= 0.6 is 24.0 Å². The predicted molar refractivity (Wildman–Crippen MR) is 114 cm³/mol. The second kappa shape index (κ2) is 10.6. The molecule has 2 rings (SSSR count). The van der Waals surface area contributed by atoms with Crippen LogP contribution in [-0.2, 0) is 15.7 Å². The van der Waals surface area contributed by atoms with Crippen molar-refractivity contribution in [3.8, 4) is 0 Å². The van der Waals surface area contributed by atoms with E-state index in [0.29, 0.717) is 44.3 Å². The lowest BCUT2D eigenvalue weighted by Crippen LogP contribution is -2.48. The topological polar surface area (TPSA) is 46.1 Å². The highest BCUT2D eigenvalue weighted by Crippen LogP contribution is 2.32. The number of hydrogen-bond donors (Lipinski definition) is 1. The van der Waals surface area contributed by atoms with E-state index < -0.39 is 23.4 Å². The number of guanidine groups is 1. The Hall–Kier alpha value is -1.07. The minimum atomic E-state index is -4.37. The van der Waals surface area contributed by atoms with Gasteiger partial charge in [0.2, 0.25) is 0 Å². The summed E-state index contributed by atoms with van der Waals surface area (Å²) in [4.78, 5) is 6.65. The molecule has 1 unspecified atom stereocenters. The van der Waals surface area contributed by atoms with Crippen LogP contribution in [0.3, 0.4) is 0 Å². The van der Waals surface area contributed by atoms with Crippen LogP contribution in [0.1, 0.15) is 38.0 Å². The van der Waals surface area contributed by atoms with Crippen molar-refractivity contribution in [1.29, 1.82) is 0 Å². The Balaban J connectivity index is 0.00000392. The van der Waals surface area contributed by atoms with Gasteiger partial charge < -0.3 is 19.7 Å². The highest BCUT2D eigenvalue weighted by atomic mass is 127. The summed E-state index contributed by atoms with van der Waals surface area (Å²) in [5.74, 6) is 0.711. The lowest BCUT2D eigenvalue weighted by Gasteiger charge is -2.36. The average Bonchev–Trinajstić information content (AvgIpc) is 2.64. The normalized spacial score (nSPS) is 18.6. The number of alkyl halides is 3. The monoisotopic (exact) mass is 515 g/mol. The van der Waals surface area contributed by atoms with Crippen molar-refractivity contribution in [3.05, 3.63) is 35.4 Å².